The molecule has 1 amide bonds. The molecule has 0 aromatic rings. The Morgan fingerprint density at radius 3 is 2.21 bits per heavy atom. The molecule has 2 atom stereocenters. The fourth-order valence-electron chi connectivity index (χ4n) is 5.01. The second-order valence-electron chi connectivity index (χ2n) is 6.42. The molecule has 2 nitrogen and oxygen atoms in total. The highest BCUT2D eigenvalue weighted by Crippen LogP contribution is 2.64. The molecule has 0 aromatic heterocycles. The predicted octanol–water partition coefficient (Wildman–Crippen LogP) is 2.08. The van der Waals surface area contributed by atoms with Crippen molar-refractivity contribution >= 4 is 5.91 Å². The third-order valence-electron chi connectivity index (χ3n) is 4.88. The summed E-state index contributed by atoms with van der Waals surface area (Å²) in [5.41, 5.74) is 5.96. The minimum Gasteiger partial charge on any atom is -0.369 e. The van der Waals surface area contributed by atoms with Crippen molar-refractivity contribution in [3.63, 3.8) is 0 Å². The fourth-order valence-corrected chi connectivity index (χ4v) is 5.01. The van der Waals surface area contributed by atoms with Crippen LogP contribution in [0.15, 0.2) is 0 Å². The summed E-state index contributed by atoms with van der Waals surface area (Å²) >= 11 is 0. The maximum Gasteiger partial charge on any atom is 0.223 e. The van der Waals surface area contributed by atoms with Gasteiger partial charge < -0.3 is 5.73 Å². The first kappa shape index (κ1) is 8.75. The molecule has 14 heavy (non-hydrogen) atoms. The molecule has 0 saturated heterocycles. The van der Waals surface area contributed by atoms with Gasteiger partial charge in [0.15, 0.2) is 0 Å². The highest BCUT2D eigenvalue weighted by Gasteiger charge is 2.58. The van der Waals surface area contributed by atoms with E-state index in [4.69, 9.17) is 5.73 Å². The number of amides is 1. The lowest BCUT2D eigenvalue weighted by atomic mass is 9.44. The van der Waals surface area contributed by atoms with E-state index < -0.39 is 0 Å². The monoisotopic (exact) mass is 193 g/mol. The molecule has 0 radical (unpaired) electrons. The summed E-state index contributed by atoms with van der Waals surface area (Å²) in [6, 6.07) is 0. The van der Waals surface area contributed by atoms with Crippen molar-refractivity contribution in [3.05, 3.63) is 0 Å². The summed E-state index contributed by atoms with van der Waals surface area (Å²) < 4.78 is 0. The molecular weight excluding hydrogens is 174 g/mol. The van der Waals surface area contributed by atoms with Gasteiger partial charge in [0.25, 0.3) is 0 Å². The largest absolute Gasteiger partial charge is 0.369 e. The van der Waals surface area contributed by atoms with Crippen molar-refractivity contribution < 1.29 is 4.79 Å². The summed E-state index contributed by atoms with van der Waals surface area (Å²) in [5.74, 6) is 1.58. The van der Waals surface area contributed by atoms with Crippen LogP contribution in [0.3, 0.4) is 0 Å². The van der Waals surface area contributed by atoms with Crippen molar-refractivity contribution in [1.29, 1.82) is 0 Å². The van der Waals surface area contributed by atoms with E-state index in [0.717, 1.165) is 31.1 Å². The molecule has 2 N–H and O–H groups in total. The zero-order valence-electron chi connectivity index (χ0n) is 8.88. The van der Waals surface area contributed by atoms with Crippen LogP contribution in [0.4, 0.5) is 0 Å². The van der Waals surface area contributed by atoms with E-state index in [9.17, 15) is 4.79 Å². The Morgan fingerprint density at radius 2 is 1.79 bits per heavy atom. The van der Waals surface area contributed by atoms with Crippen LogP contribution >= 0.6 is 0 Å². The van der Waals surface area contributed by atoms with Gasteiger partial charge in [0.1, 0.15) is 0 Å². The minimum atomic E-state index is -0.0984. The quantitative estimate of drug-likeness (QED) is 0.680. The van der Waals surface area contributed by atoms with Gasteiger partial charge in [-0.2, -0.15) is 0 Å². The zero-order chi connectivity index (χ0) is 9.97. The Balaban J connectivity index is 2.00. The average molecular weight is 193 g/mol. The maximum atomic E-state index is 11.6. The van der Waals surface area contributed by atoms with Crippen molar-refractivity contribution in [1.82, 2.24) is 0 Å². The third-order valence-corrected chi connectivity index (χ3v) is 4.88. The van der Waals surface area contributed by atoms with Gasteiger partial charge in [-0.1, -0.05) is 6.92 Å². The SMILES string of the molecule is CC12C[C@@H]3C[C@@H](C1)CC(C(N)=O)(C3)C2. The molecule has 4 rings (SSSR count). The van der Waals surface area contributed by atoms with Crippen molar-refractivity contribution in [2.45, 2.75) is 45.4 Å². The van der Waals surface area contributed by atoms with E-state index >= 15 is 0 Å². The standard InChI is InChI=1S/C12H19NO/c1-11-3-8-2-9(4-11)6-12(5-8,7-11)10(13)14/h8-9H,2-7H2,1H3,(H2,13,14)/t8-,9-,11?,12?/m0/s1. The number of carbonyl (C=O) groups is 1. The lowest BCUT2D eigenvalue weighted by Crippen LogP contribution is -2.55. The Morgan fingerprint density at radius 1 is 1.21 bits per heavy atom. The van der Waals surface area contributed by atoms with Gasteiger partial charge in [-0.15, -0.1) is 0 Å². The van der Waals surface area contributed by atoms with Crippen LogP contribution < -0.4 is 5.73 Å². The Hall–Kier alpha value is -0.530. The van der Waals surface area contributed by atoms with Crippen LogP contribution in [0.25, 0.3) is 0 Å². The number of nitrogens with two attached hydrogens (primary N) is 1. The molecule has 2 heteroatoms. The molecular formula is C12H19NO. The molecule has 0 spiro atoms. The van der Waals surface area contributed by atoms with Crippen molar-refractivity contribution in [2.24, 2.45) is 28.4 Å². The van der Waals surface area contributed by atoms with Gasteiger partial charge in [0, 0.05) is 5.41 Å². The third kappa shape index (κ3) is 0.999. The van der Waals surface area contributed by atoms with E-state index in [2.05, 4.69) is 6.92 Å². The number of rotatable bonds is 1. The Bertz CT molecular complexity index is 283. The summed E-state index contributed by atoms with van der Waals surface area (Å²) in [4.78, 5) is 11.6. The summed E-state index contributed by atoms with van der Waals surface area (Å²) in [6.45, 7) is 2.36. The number of hydrogen-bond acceptors (Lipinski definition) is 1. The zero-order valence-corrected chi connectivity index (χ0v) is 8.88. The molecule has 0 unspecified atom stereocenters. The number of carbonyl (C=O) groups excluding carboxylic acids is 1. The van der Waals surface area contributed by atoms with Crippen LogP contribution in [0, 0.1) is 22.7 Å². The molecule has 4 aliphatic carbocycles. The predicted molar refractivity (Wildman–Crippen MR) is 54.4 cm³/mol. The van der Waals surface area contributed by atoms with E-state index in [1.165, 1.54) is 19.3 Å². The van der Waals surface area contributed by atoms with Crippen LogP contribution in [0.2, 0.25) is 0 Å². The second-order valence-corrected chi connectivity index (χ2v) is 6.42. The first-order chi connectivity index (χ1) is 6.51. The lowest BCUT2D eigenvalue weighted by molar-refractivity contribution is -0.151. The summed E-state index contributed by atoms with van der Waals surface area (Å²) in [5, 5.41) is 0. The summed E-state index contributed by atoms with van der Waals surface area (Å²) in [7, 11) is 0. The van der Waals surface area contributed by atoms with Crippen LogP contribution in [-0.2, 0) is 4.79 Å². The molecule has 4 aliphatic rings. The first-order valence-corrected chi connectivity index (χ1v) is 5.81. The highest BCUT2D eigenvalue weighted by molar-refractivity contribution is 5.81. The van der Waals surface area contributed by atoms with E-state index in [1.807, 2.05) is 0 Å². The topological polar surface area (TPSA) is 43.1 Å². The van der Waals surface area contributed by atoms with Crippen LogP contribution in [0.5, 0.6) is 0 Å². The first-order valence-electron chi connectivity index (χ1n) is 5.81. The van der Waals surface area contributed by atoms with Gasteiger partial charge in [-0.25, -0.2) is 0 Å². The molecule has 0 aliphatic heterocycles. The highest BCUT2D eigenvalue weighted by atomic mass is 16.1. The summed E-state index contributed by atoms with van der Waals surface area (Å²) in [6.07, 6.45) is 7.31. The van der Waals surface area contributed by atoms with E-state index in [-0.39, 0.29) is 11.3 Å². The van der Waals surface area contributed by atoms with Crippen molar-refractivity contribution in [3.8, 4) is 0 Å². The van der Waals surface area contributed by atoms with Crippen molar-refractivity contribution in [2.75, 3.05) is 0 Å². The maximum absolute atomic E-state index is 11.6. The fraction of sp³-hybridized carbons (Fsp3) is 0.917. The van der Waals surface area contributed by atoms with Gasteiger partial charge >= 0.3 is 0 Å². The van der Waals surface area contributed by atoms with Crippen LogP contribution in [-0.4, -0.2) is 5.91 Å². The van der Waals surface area contributed by atoms with Gasteiger partial charge in [0.2, 0.25) is 5.91 Å². The Kier molecular flexibility index (Phi) is 1.46. The average Bonchev–Trinajstić information content (AvgIpc) is 1.98. The van der Waals surface area contributed by atoms with Gasteiger partial charge in [-0.05, 0) is 55.8 Å². The second kappa shape index (κ2) is 2.34. The minimum absolute atomic E-state index is 0.0159. The molecule has 4 saturated carbocycles. The lowest BCUT2D eigenvalue weighted by Gasteiger charge is -2.60. The smallest absolute Gasteiger partial charge is 0.223 e. The van der Waals surface area contributed by atoms with Gasteiger partial charge in [-0.3, -0.25) is 4.79 Å². The van der Waals surface area contributed by atoms with E-state index in [0.29, 0.717) is 5.41 Å². The number of primary amides is 1. The molecule has 0 heterocycles. The van der Waals surface area contributed by atoms with Crippen LogP contribution in [0.1, 0.15) is 45.4 Å². The number of hydrogen-bond donors (Lipinski definition) is 1. The molecule has 4 bridgehead atoms. The molecule has 0 aromatic carbocycles. The normalized spacial score (nSPS) is 54.9. The molecule has 78 valence electrons. The van der Waals surface area contributed by atoms with Gasteiger partial charge in [0.05, 0.1) is 0 Å². The molecule has 4 fully saturated rings. The van der Waals surface area contributed by atoms with E-state index in [1.54, 1.807) is 0 Å². The Labute approximate surface area is 85.2 Å².